The number of hydrogen-bond donors (Lipinski definition) is 1. The smallest absolute Gasteiger partial charge is 0.259 e. The summed E-state index contributed by atoms with van der Waals surface area (Å²) in [7, 11) is 1.58. The Morgan fingerprint density at radius 3 is 2.62 bits per heavy atom. The highest BCUT2D eigenvalue weighted by Crippen LogP contribution is 2.20. The number of carbonyl (C=O) groups excluding carboxylic acids is 1. The Morgan fingerprint density at radius 1 is 1.04 bits per heavy atom. The summed E-state index contributed by atoms with van der Waals surface area (Å²) >= 11 is 0. The molecule has 0 saturated carbocycles. The predicted octanol–water partition coefficient (Wildman–Crippen LogP) is 4.12. The predicted molar refractivity (Wildman–Crippen MR) is 90.4 cm³/mol. The molecule has 1 heterocycles. The minimum atomic E-state index is -0.260. The van der Waals surface area contributed by atoms with Crippen molar-refractivity contribution >= 4 is 11.6 Å². The van der Waals surface area contributed by atoms with Gasteiger partial charge in [0.1, 0.15) is 18.1 Å². The van der Waals surface area contributed by atoms with Crippen LogP contribution in [0.2, 0.25) is 0 Å². The van der Waals surface area contributed by atoms with E-state index in [0.29, 0.717) is 28.5 Å². The molecule has 0 radical (unpaired) electrons. The number of benzene rings is 2. The molecule has 1 N–H and O–H groups in total. The van der Waals surface area contributed by atoms with Gasteiger partial charge in [-0.05, 0) is 30.3 Å². The largest absolute Gasteiger partial charge is 0.497 e. The number of furan rings is 1. The van der Waals surface area contributed by atoms with E-state index in [0.717, 1.165) is 0 Å². The second-order valence-corrected chi connectivity index (χ2v) is 5.05. The molecule has 0 aliphatic carbocycles. The maximum atomic E-state index is 12.4. The van der Waals surface area contributed by atoms with Crippen molar-refractivity contribution in [1.29, 1.82) is 0 Å². The molecule has 1 aromatic heterocycles. The molecule has 0 fully saturated rings. The number of carbonyl (C=O) groups is 1. The van der Waals surface area contributed by atoms with Gasteiger partial charge in [0.2, 0.25) is 0 Å². The highest BCUT2D eigenvalue weighted by atomic mass is 16.5. The zero-order valence-corrected chi connectivity index (χ0v) is 13.2. The molecule has 5 heteroatoms. The molecule has 0 aliphatic rings. The summed E-state index contributed by atoms with van der Waals surface area (Å²) < 4.78 is 16.2. The zero-order chi connectivity index (χ0) is 16.8. The third-order valence-corrected chi connectivity index (χ3v) is 3.43. The number of hydrogen-bond acceptors (Lipinski definition) is 4. The van der Waals surface area contributed by atoms with Crippen LogP contribution in [-0.4, -0.2) is 13.0 Å². The van der Waals surface area contributed by atoms with Crippen LogP contribution >= 0.6 is 0 Å². The second kappa shape index (κ2) is 7.37. The van der Waals surface area contributed by atoms with Crippen molar-refractivity contribution in [1.82, 2.24) is 0 Å². The average molecular weight is 323 g/mol. The molecule has 122 valence electrons. The lowest BCUT2D eigenvalue weighted by molar-refractivity contribution is 0.102. The van der Waals surface area contributed by atoms with Crippen molar-refractivity contribution in [3.05, 3.63) is 78.3 Å². The minimum absolute atomic E-state index is 0.178. The molecule has 0 spiro atoms. The first kappa shape index (κ1) is 15.7. The van der Waals surface area contributed by atoms with Crippen LogP contribution in [0.3, 0.4) is 0 Å². The Hall–Kier alpha value is -3.21. The number of nitrogens with one attached hydrogen (secondary N) is 1. The molecule has 3 aromatic rings. The van der Waals surface area contributed by atoms with Crippen LogP contribution < -0.4 is 14.8 Å². The van der Waals surface area contributed by atoms with E-state index in [2.05, 4.69) is 5.32 Å². The highest BCUT2D eigenvalue weighted by Gasteiger charge is 2.15. The second-order valence-electron chi connectivity index (χ2n) is 5.05. The van der Waals surface area contributed by atoms with Gasteiger partial charge in [0.25, 0.3) is 5.91 Å². The van der Waals surface area contributed by atoms with E-state index in [4.69, 9.17) is 13.9 Å². The summed E-state index contributed by atoms with van der Waals surface area (Å²) in [5.41, 5.74) is 1.09. The Kier molecular flexibility index (Phi) is 4.81. The molecule has 0 saturated heterocycles. The molecule has 24 heavy (non-hydrogen) atoms. The summed E-state index contributed by atoms with van der Waals surface area (Å²) in [6.45, 7) is 0.178. The third-order valence-electron chi connectivity index (χ3n) is 3.43. The Balaban J connectivity index is 1.68. The number of methoxy groups -OCH3 is 1. The number of anilines is 1. The molecule has 3 rings (SSSR count). The van der Waals surface area contributed by atoms with Crippen LogP contribution in [-0.2, 0) is 6.61 Å². The lowest BCUT2D eigenvalue weighted by Crippen LogP contribution is -2.13. The van der Waals surface area contributed by atoms with Crippen molar-refractivity contribution in [3.63, 3.8) is 0 Å². The Labute approximate surface area is 139 Å². The summed E-state index contributed by atoms with van der Waals surface area (Å²) in [5, 5.41) is 2.82. The summed E-state index contributed by atoms with van der Waals surface area (Å²) in [6.07, 6.45) is 1.48. The zero-order valence-electron chi connectivity index (χ0n) is 13.2. The SMILES string of the molecule is COc1cccc(NC(=O)c2ccoc2COc2ccccc2)c1. The van der Waals surface area contributed by atoms with Crippen LogP contribution in [0.1, 0.15) is 16.1 Å². The first-order chi connectivity index (χ1) is 11.8. The first-order valence-electron chi connectivity index (χ1n) is 7.46. The normalized spacial score (nSPS) is 10.2. The molecule has 0 bridgehead atoms. The molecule has 0 unspecified atom stereocenters. The Morgan fingerprint density at radius 2 is 1.83 bits per heavy atom. The fourth-order valence-corrected chi connectivity index (χ4v) is 2.22. The van der Waals surface area contributed by atoms with Gasteiger partial charge >= 0.3 is 0 Å². The van der Waals surface area contributed by atoms with E-state index in [1.165, 1.54) is 6.26 Å². The highest BCUT2D eigenvalue weighted by molar-refractivity contribution is 6.05. The Bertz CT molecular complexity index is 811. The topological polar surface area (TPSA) is 60.7 Å². The molecule has 0 atom stereocenters. The van der Waals surface area contributed by atoms with Crippen molar-refractivity contribution in [2.45, 2.75) is 6.61 Å². The lowest BCUT2D eigenvalue weighted by atomic mass is 10.2. The standard InChI is InChI=1S/C19H17NO4/c1-22-16-9-5-6-14(12-16)20-19(21)17-10-11-23-18(17)13-24-15-7-3-2-4-8-15/h2-12H,13H2,1H3,(H,20,21). The maximum Gasteiger partial charge on any atom is 0.259 e. The summed E-state index contributed by atoms with van der Waals surface area (Å²) in [4.78, 5) is 12.4. The number of amides is 1. The van der Waals surface area contributed by atoms with Crippen molar-refractivity contribution in [2.75, 3.05) is 12.4 Å². The van der Waals surface area contributed by atoms with Gasteiger partial charge in [0.15, 0.2) is 5.76 Å². The van der Waals surface area contributed by atoms with Gasteiger partial charge < -0.3 is 19.2 Å². The maximum absolute atomic E-state index is 12.4. The fraction of sp³-hybridized carbons (Fsp3) is 0.105. The summed E-state index contributed by atoms with van der Waals surface area (Å²) in [6, 6.07) is 18.2. The van der Waals surface area contributed by atoms with Crippen molar-refractivity contribution < 1.29 is 18.7 Å². The van der Waals surface area contributed by atoms with Gasteiger partial charge in [-0.2, -0.15) is 0 Å². The van der Waals surface area contributed by atoms with Gasteiger partial charge in [-0.15, -0.1) is 0 Å². The van der Waals surface area contributed by atoms with E-state index in [1.807, 2.05) is 42.5 Å². The minimum Gasteiger partial charge on any atom is -0.497 e. The lowest BCUT2D eigenvalue weighted by Gasteiger charge is -2.08. The van der Waals surface area contributed by atoms with E-state index >= 15 is 0 Å². The molecule has 2 aromatic carbocycles. The molecule has 0 aliphatic heterocycles. The van der Waals surface area contributed by atoms with Gasteiger partial charge in [0.05, 0.1) is 18.9 Å². The van der Waals surface area contributed by atoms with Crippen LogP contribution in [0, 0.1) is 0 Å². The fourth-order valence-electron chi connectivity index (χ4n) is 2.22. The van der Waals surface area contributed by atoms with Crippen LogP contribution in [0.25, 0.3) is 0 Å². The quantitative estimate of drug-likeness (QED) is 0.741. The molecule has 1 amide bonds. The van der Waals surface area contributed by atoms with E-state index in [-0.39, 0.29) is 12.5 Å². The monoisotopic (exact) mass is 323 g/mol. The summed E-state index contributed by atoms with van der Waals surface area (Å²) in [5.74, 6) is 1.60. The number of ether oxygens (including phenoxy) is 2. The average Bonchev–Trinajstić information content (AvgIpc) is 3.10. The number of para-hydroxylation sites is 1. The van der Waals surface area contributed by atoms with E-state index in [9.17, 15) is 4.79 Å². The van der Waals surface area contributed by atoms with Crippen molar-refractivity contribution in [2.24, 2.45) is 0 Å². The van der Waals surface area contributed by atoms with Crippen molar-refractivity contribution in [3.8, 4) is 11.5 Å². The van der Waals surface area contributed by atoms with E-state index in [1.54, 1.807) is 25.3 Å². The van der Waals surface area contributed by atoms with Gasteiger partial charge in [-0.3, -0.25) is 4.79 Å². The number of rotatable bonds is 6. The van der Waals surface area contributed by atoms with Crippen LogP contribution in [0.5, 0.6) is 11.5 Å². The first-order valence-corrected chi connectivity index (χ1v) is 7.46. The van der Waals surface area contributed by atoms with Gasteiger partial charge in [0, 0.05) is 11.8 Å². The van der Waals surface area contributed by atoms with E-state index < -0.39 is 0 Å². The molecular formula is C19H17NO4. The van der Waals surface area contributed by atoms with Crippen LogP contribution in [0.15, 0.2) is 71.3 Å². The molecular weight excluding hydrogens is 306 g/mol. The van der Waals surface area contributed by atoms with Gasteiger partial charge in [-0.1, -0.05) is 24.3 Å². The molecule has 5 nitrogen and oxygen atoms in total. The van der Waals surface area contributed by atoms with Crippen LogP contribution in [0.4, 0.5) is 5.69 Å². The van der Waals surface area contributed by atoms with Gasteiger partial charge in [-0.25, -0.2) is 0 Å². The third kappa shape index (κ3) is 3.76.